The second kappa shape index (κ2) is 3.96. The maximum absolute atomic E-state index is 12.6. The van der Waals surface area contributed by atoms with Crippen molar-refractivity contribution in [3.8, 4) is 0 Å². The average Bonchev–Trinajstić information content (AvgIpc) is 2.26. The molecule has 0 saturated heterocycles. The maximum Gasteiger partial charge on any atom is 0.226 e. The number of nitrogens with one attached hydrogen (secondary N) is 1. The fourth-order valence-corrected chi connectivity index (χ4v) is 4.87. The highest BCUT2D eigenvalue weighted by atomic mass is 16.3. The Bertz CT molecular complexity index is 326. The van der Waals surface area contributed by atoms with Crippen molar-refractivity contribution in [2.75, 3.05) is 6.61 Å². The minimum absolute atomic E-state index is 0.00507. The van der Waals surface area contributed by atoms with Gasteiger partial charge in [0.1, 0.15) is 0 Å². The first-order valence-corrected chi connectivity index (χ1v) is 7.36. The highest BCUT2D eigenvalue weighted by molar-refractivity contribution is 5.83. The summed E-state index contributed by atoms with van der Waals surface area (Å²) in [4.78, 5) is 12.6. The molecular weight excluding hydrogens is 226 g/mol. The molecule has 4 aliphatic rings. The zero-order chi connectivity index (χ0) is 13.0. The minimum Gasteiger partial charge on any atom is -0.394 e. The van der Waals surface area contributed by atoms with Crippen molar-refractivity contribution in [1.29, 1.82) is 0 Å². The molecule has 18 heavy (non-hydrogen) atoms. The van der Waals surface area contributed by atoms with Crippen LogP contribution in [0.3, 0.4) is 0 Å². The molecule has 4 rings (SSSR count). The summed E-state index contributed by atoms with van der Waals surface area (Å²) in [6.07, 6.45) is 7.34. The Morgan fingerprint density at radius 2 is 1.61 bits per heavy atom. The van der Waals surface area contributed by atoms with Crippen molar-refractivity contribution in [2.45, 2.75) is 57.9 Å². The fourth-order valence-electron chi connectivity index (χ4n) is 4.87. The molecule has 2 N–H and O–H groups in total. The van der Waals surface area contributed by atoms with E-state index in [2.05, 4.69) is 5.32 Å². The van der Waals surface area contributed by atoms with Crippen LogP contribution in [0.5, 0.6) is 0 Å². The normalized spacial score (nSPS) is 42.1. The Morgan fingerprint density at radius 3 is 2.00 bits per heavy atom. The number of hydrogen-bond donors (Lipinski definition) is 2. The summed E-state index contributed by atoms with van der Waals surface area (Å²) in [7, 11) is 0. The molecule has 0 aromatic heterocycles. The molecular formula is C15H25NO2. The van der Waals surface area contributed by atoms with E-state index >= 15 is 0 Å². The van der Waals surface area contributed by atoms with E-state index in [9.17, 15) is 9.90 Å². The Labute approximate surface area is 109 Å². The van der Waals surface area contributed by atoms with Gasteiger partial charge in [0, 0.05) is 5.41 Å². The van der Waals surface area contributed by atoms with Gasteiger partial charge in [-0.25, -0.2) is 0 Å². The third-order valence-electron chi connectivity index (χ3n) is 5.37. The number of rotatable bonds is 3. The molecule has 102 valence electrons. The highest BCUT2D eigenvalue weighted by Gasteiger charge is 2.55. The molecule has 0 spiro atoms. The van der Waals surface area contributed by atoms with E-state index < -0.39 is 5.54 Å². The van der Waals surface area contributed by atoms with Crippen LogP contribution < -0.4 is 5.32 Å². The van der Waals surface area contributed by atoms with Gasteiger partial charge in [0.05, 0.1) is 12.1 Å². The lowest BCUT2D eigenvalue weighted by atomic mass is 9.49. The van der Waals surface area contributed by atoms with Crippen molar-refractivity contribution < 1.29 is 9.90 Å². The first-order valence-electron chi connectivity index (χ1n) is 7.36. The van der Waals surface area contributed by atoms with Crippen LogP contribution >= 0.6 is 0 Å². The molecule has 3 heteroatoms. The second-order valence-corrected chi connectivity index (χ2v) is 7.69. The molecule has 0 aliphatic heterocycles. The smallest absolute Gasteiger partial charge is 0.226 e. The molecule has 0 heterocycles. The summed E-state index contributed by atoms with van der Waals surface area (Å²) in [5, 5.41) is 12.4. The van der Waals surface area contributed by atoms with Gasteiger partial charge in [0.25, 0.3) is 0 Å². The summed E-state index contributed by atoms with van der Waals surface area (Å²) in [6.45, 7) is 3.79. The Kier molecular flexibility index (Phi) is 2.74. The standard InChI is InChI=1S/C15H25NO2/c1-14(2,9-17)16-13(18)15-6-10-3-11(7-15)5-12(4-10)8-15/h10-12,17H,3-9H2,1-2H3,(H,16,18). The Balaban J connectivity index is 1.77. The van der Waals surface area contributed by atoms with Crippen molar-refractivity contribution in [3.63, 3.8) is 0 Å². The lowest BCUT2D eigenvalue weighted by Crippen LogP contribution is -2.58. The van der Waals surface area contributed by atoms with Crippen LogP contribution in [-0.2, 0) is 4.79 Å². The number of aliphatic hydroxyl groups is 1. The van der Waals surface area contributed by atoms with E-state index in [1.54, 1.807) is 0 Å². The monoisotopic (exact) mass is 251 g/mol. The first-order chi connectivity index (χ1) is 8.42. The van der Waals surface area contributed by atoms with Crippen LogP contribution in [0.4, 0.5) is 0 Å². The summed E-state index contributed by atoms with van der Waals surface area (Å²) in [6, 6.07) is 0. The van der Waals surface area contributed by atoms with Crippen LogP contribution in [0, 0.1) is 23.2 Å². The summed E-state index contributed by atoms with van der Waals surface area (Å²) < 4.78 is 0. The van der Waals surface area contributed by atoms with Crippen LogP contribution in [-0.4, -0.2) is 23.2 Å². The quantitative estimate of drug-likeness (QED) is 0.807. The van der Waals surface area contributed by atoms with Gasteiger partial charge in [-0.3, -0.25) is 4.79 Å². The van der Waals surface area contributed by atoms with Gasteiger partial charge in [-0.05, 0) is 70.1 Å². The predicted molar refractivity (Wildman–Crippen MR) is 69.9 cm³/mol. The van der Waals surface area contributed by atoms with Gasteiger partial charge >= 0.3 is 0 Å². The van der Waals surface area contributed by atoms with Crippen molar-refractivity contribution in [3.05, 3.63) is 0 Å². The van der Waals surface area contributed by atoms with Crippen molar-refractivity contribution in [2.24, 2.45) is 23.2 Å². The molecule has 0 unspecified atom stereocenters. The fraction of sp³-hybridized carbons (Fsp3) is 0.933. The van der Waals surface area contributed by atoms with Crippen LogP contribution in [0.15, 0.2) is 0 Å². The van der Waals surface area contributed by atoms with E-state index in [4.69, 9.17) is 0 Å². The highest BCUT2D eigenvalue weighted by Crippen LogP contribution is 2.60. The van der Waals surface area contributed by atoms with Gasteiger partial charge in [-0.15, -0.1) is 0 Å². The lowest BCUT2D eigenvalue weighted by molar-refractivity contribution is -0.148. The third kappa shape index (κ3) is 1.97. The van der Waals surface area contributed by atoms with Gasteiger partial charge in [-0.1, -0.05) is 0 Å². The number of carbonyl (C=O) groups is 1. The Morgan fingerprint density at radius 1 is 1.17 bits per heavy atom. The topological polar surface area (TPSA) is 49.3 Å². The molecule has 4 fully saturated rings. The van der Waals surface area contributed by atoms with E-state index in [0.29, 0.717) is 0 Å². The SMILES string of the molecule is CC(C)(CO)NC(=O)C12CC3CC(CC(C3)C1)C2. The predicted octanol–water partition coefficient (Wildman–Crippen LogP) is 2.09. The van der Waals surface area contributed by atoms with Crippen molar-refractivity contribution >= 4 is 5.91 Å². The summed E-state index contributed by atoms with van der Waals surface area (Å²) in [5.41, 5.74) is -0.582. The van der Waals surface area contributed by atoms with E-state index in [1.165, 1.54) is 19.3 Å². The van der Waals surface area contributed by atoms with Gasteiger partial charge in [0.2, 0.25) is 5.91 Å². The van der Waals surface area contributed by atoms with Crippen LogP contribution in [0.1, 0.15) is 52.4 Å². The molecule has 0 atom stereocenters. The zero-order valence-electron chi connectivity index (χ0n) is 11.5. The number of hydrogen-bond acceptors (Lipinski definition) is 2. The maximum atomic E-state index is 12.6. The van der Waals surface area contributed by atoms with E-state index in [1.807, 2.05) is 13.8 Å². The van der Waals surface area contributed by atoms with E-state index in [-0.39, 0.29) is 17.9 Å². The van der Waals surface area contributed by atoms with Gasteiger partial charge in [-0.2, -0.15) is 0 Å². The molecule has 1 amide bonds. The molecule has 0 aromatic rings. The van der Waals surface area contributed by atoms with Crippen molar-refractivity contribution in [1.82, 2.24) is 5.32 Å². The largest absolute Gasteiger partial charge is 0.394 e. The zero-order valence-corrected chi connectivity index (χ0v) is 11.5. The number of aliphatic hydroxyl groups excluding tert-OH is 1. The second-order valence-electron chi connectivity index (χ2n) is 7.69. The average molecular weight is 251 g/mol. The lowest BCUT2D eigenvalue weighted by Gasteiger charge is -2.56. The molecule has 4 saturated carbocycles. The summed E-state index contributed by atoms with van der Waals surface area (Å²) >= 11 is 0. The molecule has 4 bridgehead atoms. The van der Waals surface area contributed by atoms with Crippen LogP contribution in [0.25, 0.3) is 0 Å². The number of amides is 1. The van der Waals surface area contributed by atoms with Crippen LogP contribution in [0.2, 0.25) is 0 Å². The molecule has 3 nitrogen and oxygen atoms in total. The molecule has 0 radical (unpaired) electrons. The first kappa shape index (κ1) is 12.5. The third-order valence-corrected chi connectivity index (χ3v) is 5.37. The molecule has 4 aliphatic carbocycles. The Hall–Kier alpha value is -0.570. The van der Waals surface area contributed by atoms with Gasteiger partial charge < -0.3 is 10.4 Å². The van der Waals surface area contributed by atoms with Gasteiger partial charge in [0.15, 0.2) is 0 Å². The molecule has 0 aromatic carbocycles. The van der Waals surface area contributed by atoms with E-state index in [0.717, 1.165) is 37.0 Å². The minimum atomic E-state index is -0.486. The summed E-state index contributed by atoms with van der Waals surface area (Å²) in [5.74, 6) is 2.58. The number of carbonyl (C=O) groups excluding carboxylic acids is 1.